The van der Waals surface area contributed by atoms with Crippen molar-refractivity contribution in [3.63, 3.8) is 0 Å². The lowest BCUT2D eigenvalue weighted by Crippen LogP contribution is -2.52. The molecule has 196 valence electrons. The van der Waals surface area contributed by atoms with Gasteiger partial charge in [-0.2, -0.15) is 13.2 Å². The number of carbonyl (C=O) groups excluding carboxylic acids is 1. The summed E-state index contributed by atoms with van der Waals surface area (Å²) in [4.78, 5) is 28.1. The molecule has 3 aromatic rings. The van der Waals surface area contributed by atoms with Crippen molar-refractivity contribution in [2.24, 2.45) is 5.92 Å². The predicted octanol–water partition coefficient (Wildman–Crippen LogP) is 5.15. The van der Waals surface area contributed by atoms with Gasteiger partial charge in [0.25, 0.3) is 5.91 Å². The highest BCUT2D eigenvalue weighted by atomic mass is 32.1. The Morgan fingerprint density at radius 3 is 2.49 bits per heavy atom. The number of rotatable bonds is 7. The van der Waals surface area contributed by atoms with Gasteiger partial charge in [-0.05, 0) is 63.4 Å². The third kappa shape index (κ3) is 5.77. The molecule has 37 heavy (non-hydrogen) atoms. The van der Waals surface area contributed by atoms with Gasteiger partial charge >= 0.3 is 6.18 Å². The molecular weight excluding hydrogens is 503 g/mol. The van der Waals surface area contributed by atoms with Crippen LogP contribution in [-0.4, -0.2) is 51.5 Å². The van der Waals surface area contributed by atoms with Gasteiger partial charge in [0.05, 0.1) is 6.04 Å². The van der Waals surface area contributed by atoms with Crippen molar-refractivity contribution in [1.82, 2.24) is 25.2 Å². The Labute approximate surface area is 217 Å². The molecule has 0 unspecified atom stereocenters. The van der Waals surface area contributed by atoms with Gasteiger partial charge in [-0.1, -0.05) is 6.92 Å². The van der Waals surface area contributed by atoms with Crippen LogP contribution < -0.4 is 10.1 Å². The number of aryl methyl sites for hydroxylation is 1. The van der Waals surface area contributed by atoms with E-state index in [9.17, 15) is 18.0 Å². The Morgan fingerprint density at radius 2 is 1.89 bits per heavy atom. The van der Waals surface area contributed by atoms with Crippen molar-refractivity contribution >= 4 is 17.2 Å². The number of aromatic nitrogens is 3. The molecule has 3 aliphatic rings. The van der Waals surface area contributed by atoms with Crippen LogP contribution in [0.1, 0.15) is 59.4 Å². The molecule has 0 spiro atoms. The molecule has 3 saturated heterocycles. The lowest BCUT2D eigenvalue weighted by molar-refractivity contribution is -0.145. The number of alkyl halides is 3. The molecule has 2 atom stereocenters. The number of ether oxygens (including phenoxy) is 1. The summed E-state index contributed by atoms with van der Waals surface area (Å²) in [6, 6.07) is 4.82. The summed E-state index contributed by atoms with van der Waals surface area (Å²) < 4.78 is 44.8. The molecule has 7 nitrogen and oxygen atoms in total. The Balaban J connectivity index is 1.38. The average Bonchev–Trinajstić information content (AvgIpc) is 3.38. The van der Waals surface area contributed by atoms with E-state index in [1.54, 1.807) is 30.4 Å². The minimum Gasteiger partial charge on any atom is -0.489 e. The number of fused-ring (bicyclic) bond motifs is 3. The molecule has 3 aliphatic heterocycles. The van der Waals surface area contributed by atoms with Gasteiger partial charge in [-0.25, -0.2) is 15.0 Å². The molecule has 0 radical (unpaired) electrons. The number of benzene rings is 1. The number of halogens is 3. The van der Waals surface area contributed by atoms with Crippen LogP contribution in [0.5, 0.6) is 5.75 Å². The first-order chi connectivity index (χ1) is 17.7. The smallest absolute Gasteiger partial charge is 0.451 e. The summed E-state index contributed by atoms with van der Waals surface area (Å²) >= 11 is 1.57. The molecule has 6 rings (SSSR count). The molecule has 2 aromatic heterocycles. The van der Waals surface area contributed by atoms with Gasteiger partial charge in [-0.3, -0.25) is 9.69 Å². The van der Waals surface area contributed by atoms with Crippen LogP contribution in [-0.2, 0) is 12.6 Å². The monoisotopic (exact) mass is 531 g/mol. The molecule has 1 N–H and O–H groups in total. The summed E-state index contributed by atoms with van der Waals surface area (Å²) in [7, 11) is 0. The minimum atomic E-state index is -4.62. The minimum absolute atomic E-state index is 0.0689. The summed E-state index contributed by atoms with van der Waals surface area (Å²) in [6.45, 7) is 6.81. The maximum atomic E-state index is 13.3. The second kappa shape index (κ2) is 10.4. The Bertz CT molecular complexity index is 1260. The molecule has 11 heteroatoms. The number of nitrogens with zero attached hydrogens (tertiary/aromatic N) is 4. The summed E-state index contributed by atoms with van der Waals surface area (Å²) in [5.41, 5.74) is 1.55. The highest BCUT2D eigenvalue weighted by Crippen LogP contribution is 2.34. The fourth-order valence-corrected chi connectivity index (χ4v) is 5.66. The van der Waals surface area contributed by atoms with Gasteiger partial charge < -0.3 is 10.1 Å². The SMILES string of the molecule is CCc1cnc(-c2cc(O[C@@H]3CN4CCC3CC4)cc(C(=O)N[C@H](C)c3cnc(C(F)(F)F)nc3)c2)s1. The largest absolute Gasteiger partial charge is 0.489 e. The quantitative estimate of drug-likeness (QED) is 0.455. The Morgan fingerprint density at radius 1 is 1.16 bits per heavy atom. The van der Waals surface area contributed by atoms with Crippen LogP contribution in [0, 0.1) is 5.92 Å². The van der Waals surface area contributed by atoms with Crippen molar-refractivity contribution in [2.45, 2.75) is 51.4 Å². The average molecular weight is 532 g/mol. The number of hydrogen-bond donors (Lipinski definition) is 1. The zero-order valence-corrected chi connectivity index (χ0v) is 21.4. The number of carbonyl (C=O) groups is 1. The van der Waals surface area contributed by atoms with Crippen LogP contribution in [0.15, 0.2) is 36.8 Å². The molecule has 2 bridgehead atoms. The second-order valence-electron chi connectivity index (χ2n) is 9.56. The van der Waals surface area contributed by atoms with E-state index in [0.29, 0.717) is 22.8 Å². The topological polar surface area (TPSA) is 80.2 Å². The maximum absolute atomic E-state index is 13.3. The number of thiazole rings is 1. The zero-order chi connectivity index (χ0) is 26.2. The third-order valence-electron chi connectivity index (χ3n) is 6.97. The molecule has 0 saturated carbocycles. The molecular formula is C26H28F3N5O2S. The van der Waals surface area contributed by atoms with Crippen molar-refractivity contribution in [1.29, 1.82) is 0 Å². The third-order valence-corrected chi connectivity index (χ3v) is 8.17. The lowest BCUT2D eigenvalue weighted by atomic mass is 9.86. The van der Waals surface area contributed by atoms with Crippen LogP contribution in [0.25, 0.3) is 10.6 Å². The predicted molar refractivity (Wildman–Crippen MR) is 133 cm³/mol. The Kier molecular flexibility index (Phi) is 7.17. The number of nitrogens with one attached hydrogen (secondary N) is 1. The molecule has 5 heterocycles. The fourth-order valence-electron chi connectivity index (χ4n) is 4.82. The first-order valence-corrected chi connectivity index (χ1v) is 13.2. The molecule has 1 amide bonds. The summed E-state index contributed by atoms with van der Waals surface area (Å²) in [5.74, 6) is -0.482. The highest BCUT2D eigenvalue weighted by molar-refractivity contribution is 7.15. The van der Waals surface area contributed by atoms with E-state index in [-0.39, 0.29) is 12.0 Å². The summed E-state index contributed by atoms with van der Waals surface area (Å²) in [5, 5.41) is 3.64. The van der Waals surface area contributed by atoms with Gasteiger partial charge in [-0.15, -0.1) is 11.3 Å². The standard InChI is InChI=1S/C26H28F3N5O2S/c1-3-21-13-30-24(37-21)18-8-17(9-20(10-18)36-22-14-34-6-4-16(22)5-7-34)23(35)33-15(2)19-11-31-25(32-12-19)26(27,28)29/h8-13,15-16,22H,3-7,14H2,1-2H3,(H,33,35)/t15-,22-/m1/s1. The van der Waals surface area contributed by atoms with E-state index in [0.717, 1.165) is 66.7 Å². The van der Waals surface area contributed by atoms with E-state index in [4.69, 9.17) is 4.74 Å². The zero-order valence-electron chi connectivity index (χ0n) is 20.6. The molecule has 1 aromatic carbocycles. The van der Waals surface area contributed by atoms with E-state index in [2.05, 4.69) is 32.1 Å². The first-order valence-electron chi connectivity index (χ1n) is 12.4. The first kappa shape index (κ1) is 25.6. The van der Waals surface area contributed by atoms with Crippen LogP contribution in [0.4, 0.5) is 13.2 Å². The van der Waals surface area contributed by atoms with Crippen molar-refractivity contribution in [3.8, 4) is 16.3 Å². The fraction of sp³-hybridized carbons (Fsp3) is 0.462. The highest BCUT2D eigenvalue weighted by Gasteiger charge is 2.36. The summed E-state index contributed by atoms with van der Waals surface area (Å²) in [6.07, 6.45) is 2.54. The van der Waals surface area contributed by atoms with Crippen LogP contribution in [0.3, 0.4) is 0 Å². The lowest BCUT2D eigenvalue weighted by Gasteiger charge is -2.44. The van der Waals surface area contributed by atoms with Gasteiger partial charge in [0, 0.05) is 46.7 Å². The van der Waals surface area contributed by atoms with Crippen LogP contribution >= 0.6 is 11.3 Å². The van der Waals surface area contributed by atoms with Crippen molar-refractivity contribution in [3.05, 3.63) is 58.6 Å². The Hall–Kier alpha value is -3.05. The normalized spacial score (nSPS) is 22.0. The van der Waals surface area contributed by atoms with Crippen LogP contribution in [0.2, 0.25) is 0 Å². The van der Waals surface area contributed by atoms with E-state index in [1.165, 1.54) is 0 Å². The van der Waals surface area contributed by atoms with Gasteiger partial charge in [0.15, 0.2) is 0 Å². The van der Waals surface area contributed by atoms with Gasteiger partial charge in [0.1, 0.15) is 16.9 Å². The van der Waals surface area contributed by atoms with E-state index >= 15 is 0 Å². The van der Waals surface area contributed by atoms with Crippen molar-refractivity contribution < 1.29 is 22.7 Å². The van der Waals surface area contributed by atoms with Gasteiger partial charge in [0.2, 0.25) is 5.82 Å². The number of amides is 1. The maximum Gasteiger partial charge on any atom is 0.451 e. The second-order valence-corrected chi connectivity index (χ2v) is 10.7. The van der Waals surface area contributed by atoms with E-state index in [1.807, 2.05) is 12.3 Å². The van der Waals surface area contributed by atoms with Crippen molar-refractivity contribution in [2.75, 3.05) is 19.6 Å². The van der Waals surface area contributed by atoms with E-state index < -0.39 is 18.0 Å². The number of piperidine rings is 3. The number of hydrogen-bond acceptors (Lipinski definition) is 7. The molecule has 0 aliphatic carbocycles. The molecule has 3 fully saturated rings.